The summed E-state index contributed by atoms with van der Waals surface area (Å²) in [6, 6.07) is 4.38. The molecule has 1 aromatic carbocycles. The highest BCUT2D eigenvalue weighted by Crippen LogP contribution is 2.44. The van der Waals surface area contributed by atoms with Crippen molar-refractivity contribution in [1.82, 2.24) is 15.0 Å². The number of oxazole rings is 1. The summed E-state index contributed by atoms with van der Waals surface area (Å²) < 4.78 is 70.0. The zero-order valence-corrected chi connectivity index (χ0v) is 17.2. The van der Waals surface area contributed by atoms with E-state index >= 15 is 0 Å². The number of benzene rings is 1. The van der Waals surface area contributed by atoms with Crippen LogP contribution in [0, 0.1) is 0 Å². The van der Waals surface area contributed by atoms with E-state index in [4.69, 9.17) is 4.42 Å². The Labute approximate surface area is 172 Å². The molecule has 0 unspecified atom stereocenters. The summed E-state index contributed by atoms with van der Waals surface area (Å²) >= 11 is 1.38. The molecule has 0 atom stereocenters. The number of thiazole rings is 1. The molecule has 11 heteroatoms. The smallest absolute Gasteiger partial charge is 0.416 e. The molecule has 0 aliphatic heterocycles. The van der Waals surface area contributed by atoms with Crippen molar-refractivity contribution in [1.29, 1.82) is 0 Å². The van der Waals surface area contributed by atoms with E-state index < -0.39 is 21.6 Å². The highest BCUT2D eigenvalue weighted by molar-refractivity contribution is 7.91. The molecule has 6 nitrogen and oxygen atoms in total. The van der Waals surface area contributed by atoms with Gasteiger partial charge in [0, 0.05) is 5.92 Å². The number of alkyl halides is 3. The Morgan fingerprint density at radius 1 is 1.13 bits per heavy atom. The van der Waals surface area contributed by atoms with Crippen LogP contribution in [0.1, 0.15) is 36.3 Å². The molecule has 1 aliphatic carbocycles. The quantitative estimate of drug-likeness (QED) is 0.423. The van der Waals surface area contributed by atoms with Crippen LogP contribution in [0.25, 0.3) is 33.0 Å². The van der Waals surface area contributed by atoms with Gasteiger partial charge >= 0.3 is 6.18 Å². The second-order valence-corrected chi connectivity index (χ2v) is 10.3. The monoisotopic (exact) mass is 453 g/mol. The van der Waals surface area contributed by atoms with Crippen molar-refractivity contribution in [3.63, 3.8) is 0 Å². The topological polar surface area (TPSA) is 86.0 Å². The van der Waals surface area contributed by atoms with E-state index in [0.29, 0.717) is 16.3 Å². The average Bonchev–Trinajstić information content (AvgIpc) is 3.32. The van der Waals surface area contributed by atoms with Crippen LogP contribution in [0.3, 0.4) is 0 Å². The minimum Gasteiger partial charge on any atom is -0.435 e. The summed E-state index contributed by atoms with van der Waals surface area (Å²) in [6.07, 6.45) is -2.44. The summed E-state index contributed by atoms with van der Waals surface area (Å²) in [7, 11) is -3.71. The van der Waals surface area contributed by atoms with Gasteiger partial charge in [0.1, 0.15) is 26.5 Å². The molecule has 3 heterocycles. The molecule has 0 bridgehead atoms. The zero-order chi connectivity index (χ0) is 21.3. The van der Waals surface area contributed by atoms with Crippen molar-refractivity contribution in [3.05, 3.63) is 34.8 Å². The minimum absolute atomic E-state index is 0.0138. The van der Waals surface area contributed by atoms with Gasteiger partial charge in [0.2, 0.25) is 5.89 Å². The molecule has 1 fully saturated rings. The normalized spacial score (nSPS) is 15.3. The molecule has 5 rings (SSSR count). The van der Waals surface area contributed by atoms with Crippen LogP contribution in [0.2, 0.25) is 0 Å². The number of aromatic nitrogens is 3. The van der Waals surface area contributed by atoms with E-state index in [2.05, 4.69) is 15.0 Å². The Kier molecular flexibility index (Phi) is 4.20. The predicted octanol–water partition coefficient (Wildman–Crippen LogP) is 5.19. The summed E-state index contributed by atoms with van der Waals surface area (Å²) in [5.74, 6) is 0.0641. The second-order valence-electron chi connectivity index (χ2n) is 7.09. The van der Waals surface area contributed by atoms with Gasteiger partial charge in [-0.05, 0) is 37.1 Å². The molecule has 30 heavy (non-hydrogen) atoms. The standard InChI is InChI=1S/C19H14F3N3O3S2/c1-2-30(26,27)14-8-12-18(29-17(24-12)9-3-4-9)25-15(14)16-23-11-7-10(19(20,21)22)5-6-13(11)28-16/h5-9H,2-4H2,1H3. The molecule has 156 valence electrons. The molecule has 0 radical (unpaired) electrons. The third kappa shape index (κ3) is 3.25. The van der Waals surface area contributed by atoms with Crippen LogP contribution in [-0.2, 0) is 16.0 Å². The Morgan fingerprint density at radius 3 is 2.57 bits per heavy atom. The van der Waals surface area contributed by atoms with Crippen LogP contribution >= 0.6 is 11.3 Å². The fraction of sp³-hybridized carbons (Fsp3) is 0.316. The van der Waals surface area contributed by atoms with Gasteiger partial charge in [0.25, 0.3) is 0 Å². The second kappa shape index (κ2) is 6.48. The number of nitrogens with zero attached hydrogens (tertiary/aromatic N) is 3. The van der Waals surface area contributed by atoms with E-state index in [1.165, 1.54) is 30.4 Å². The molecule has 0 N–H and O–H groups in total. The van der Waals surface area contributed by atoms with E-state index in [0.717, 1.165) is 30.0 Å². The van der Waals surface area contributed by atoms with Crippen molar-refractivity contribution in [2.45, 2.75) is 36.8 Å². The van der Waals surface area contributed by atoms with Gasteiger partial charge in [-0.1, -0.05) is 18.3 Å². The molecule has 4 aromatic rings. The van der Waals surface area contributed by atoms with E-state index in [1.807, 2.05) is 0 Å². The summed E-state index contributed by atoms with van der Waals surface area (Å²) in [6.45, 7) is 1.50. The third-order valence-corrected chi connectivity index (χ3v) is 7.79. The Morgan fingerprint density at radius 2 is 1.90 bits per heavy atom. The summed E-state index contributed by atoms with van der Waals surface area (Å²) in [4.78, 5) is 13.5. The Balaban J connectivity index is 1.72. The van der Waals surface area contributed by atoms with Gasteiger partial charge in [-0.2, -0.15) is 13.2 Å². The lowest BCUT2D eigenvalue weighted by Gasteiger charge is -2.05. The highest BCUT2D eigenvalue weighted by Gasteiger charge is 2.32. The number of pyridine rings is 1. The van der Waals surface area contributed by atoms with Crippen molar-refractivity contribution in [2.75, 3.05) is 5.75 Å². The lowest BCUT2D eigenvalue weighted by Crippen LogP contribution is -2.07. The van der Waals surface area contributed by atoms with Crippen LogP contribution in [-0.4, -0.2) is 29.1 Å². The van der Waals surface area contributed by atoms with Gasteiger partial charge in [0.15, 0.2) is 15.4 Å². The van der Waals surface area contributed by atoms with Gasteiger partial charge in [-0.15, -0.1) is 0 Å². The van der Waals surface area contributed by atoms with Crippen molar-refractivity contribution < 1.29 is 26.0 Å². The maximum Gasteiger partial charge on any atom is 0.416 e. The number of hydrogen-bond donors (Lipinski definition) is 0. The highest BCUT2D eigenvalue weighted by atomic mass is 32.2. The molecule has 0 saturated heterocycles. The van der Waals surface area contributed by atoms with E-state index in [9.17, 15) is 21.6 Å². The molecule has 3 aromatic heterocycles. The molecular formula is C19H14F3N3O3S2. The lowest BCUT2D eigenvalue weighted by molar-refractivity contribution is -0.137. The number of halogens is 3. The van der Waals surface area contributed by atoms with Crippen LogP contribution < -0.4 is 0 Å². The van der Waals surface area contributed by atoms with Crippen LogP contribution in [0.4, 0.5) is 13.2 Å². The number of rotatable bonds is 4. The first kappa shape index (κ1) is 19.4. The first-order valence-electron chi connectivity index (χ1n) is 9.18. The van der Waals surface area contributed by atoms with E-state index in [-0.39, 0.29) is 33.3 Å². The molecule has 0 spiro atoms. The first-order valence-corrected chi connectivity index (χ1v) is 11.6. The SMILES string of the molecule is CCS(=O)(=O)c1cc2nc(C3CC3)sc2nc1-c1nc2cc(C(F)(F)F)ccc2o1. The van der Waals surface area contributed by atoms with Gasteiger partial charge < -0.3 is 4.42 Å². The first-order chi connectivity index (χ1) is 14.2. The number of fused-ring (bicyclic) bond motifs is 2. The van der Waals surface area contributed by atoms with Crippen molar-refractivity contribution >= 4 is 42.6 Å². The molecule has 1 saturated carbocycles. The minimum atomic E-state index is -4.52. The van der Waals surface area contributed by atoms with Crippen molar-refractivity contribution in [3.8, 4) is 11.6 Å². The molecule has 1 aliphatic rings. The summed E-state index contributed by atoms with van der Waals surface area (Å²) in [5.41, 5.74) is -0.309. The fourth-order valence-electron chi connectivity index (χ4n) is 3.12. The molecular weight excluding hydrogens is 439 g/mol. The van der Waals surface area contributed by atoms with Crippen molar-refractivity contribution in [2.24, 2.45) is 0 Å². The summed E-state index contributed by atoms with van der Waals surface area (Å²) in [5, 5.41) is 0.905. The fourth-order valence-corrected chi connectivity index (χ4v) is 5.24. The largest absolute Gasteiger partial charge is 0.435 e. The maximum atomic E-state index is 13.0. The number of hydrogen-bond acceptors (Lipinski definition) is 7. The molecule has 0 amide bonds. The van der Waals surface area contributed by atoms with Gasteiger partial charge in [-0.25, -0.2) is 23.4 Å². The Hall–Kier alpha value is -2.53. The van der Waals surface area contributed by atoms with Gasteiger partial charge in [0.05, 0.1) is 16.3 Å². The third-order valence-electron chi connectivity index (χ3n) is 4.92. The Bertz CT molecular complexity index is 1400. The predicted molar refractivity (Wildman–Crippen MR) is 105 cm³/mol. The lowest BCUT2D eigenvalue weighted by atomic mass is 10.2. The average molecular weight is 453 g/mol. The van der Waals surface area contributed by atoms with Crippen LogP contribution in [0.5, 0.6) is 0 Å². The van der Waals surface area contributed by atoms with E-state index in [1.54, 1.807) is 0 Å². The maximum absolute atomic E-state index is 13.0. The van der Waals surface area contributed by atoms with Crippen LogP contribution in [0.15, 0.2) is 33.6 Å². The zero-order valence-electron chi connectivity index (χ0n) is 15.5. The number of sulfone groups is 1. The van der Waals surface area contributed by atoms with Gasteiger partial charge in [-0.3, -0.25) is 0 Å².